The Balaban J connectivity index is 1.31. The second-order valence-electron chi connectivity index (χ2n) is 7.65. The number of aromatic amines is 2. The number of benzene rings is 1. The molecule has 0 spiro atoms. The second kappa shape index (κ2) is 8.95. The van der Waals surface area contributed by atoms with Gasteiger partial charge >= 0.3 is 5.69 Å². The van der Waals surface area contributed by atoms with Gasteiger partial charge in [0, 0.05) is 31.7 Å². The first-order chi connectivity index (χ1) is 15.0. The van der Waals surface area contributed by atoms with Crippen molar-refractivity contribution in [3.05, 3.63) is 74.6 Å². The third kappa shape index (κ3) is 4.88. The van der Waals surface area contributed by atoms with Crippen LogP contribution < -0.4 is 16.6 Å². The third-order valence-corrected chi connectivity index (χ3v) is 5.47. The van der Waals surface area contributed by atoms with Crippen LogP contribution in [-0.2, 0) is 11.2 Å². The molecule has 2 aromatic heterocycles. The van der Waals surface area contributed by atoms with Crippen molar-refractivity contribution in [2.75, 3.05) is 13.1 Å². The molecule has 0 saturated carbocycles. The third-order valence-electron chi connectivity index (χ3n) is 5.47. The molecule has 0 unspecified atom stereocenters. The molecule has 160 valence electrons. The Morgan fingerprint density at radius 1 is 1.10 bits per heavy atom. The molecule has 0 aliphatic carbocycles. The highest BCUT2D eigenvalue weighted by Crippen LogP contribution is 2.15. The number of fused-ring (bicyclic) bond motifs is 1. The fourth-order valence-corrected chi connectivity index (χ4v) is 3.78. The smallest absolute Gasteiger partial charge is 0.327 e. The lowest BCUT2D eigenvalue weighted by molar-refractivity contribution is -0.122. The van der Waals surface area contributed by atoms with Crippen molar-refractivity contribution < 1.29 is 9.59 Å². The molecule has 3 aromatic rings. The number of nitrogens with one attached hydrogen (secondary N) is 3. The number of carbonyl (C=O) groups is 2. The Kier molecular flexibility index (Phi) is 5.92. The number of pyridine rings is 1. The van der Waals surface area contributed by atoms with Gasteiger partial charge in [0.15, 0.2) is 0 Å². The van der Waals surface area contributed by atoms with E-state index in [2.05, 4.69) is 20.3 Å². The van der Waals surface area contributed by atoms with Gasteiger partial charge in [-0.3, -0.25) is 24.4 Å². The maximum absolute atomic E-state index is 12.8. The summed E-state index contributed by atoms with van der Waals surface area (Å²) < 4.78 is 0. The summed E-state index contributed by atoms with van der Waals surface area (Å²) in [5, 5.41) is 3.22. The molecule has 3 N–H and O–H groups in total. The minimum Gasteiger partial charge on any atom is -0.353 e. The van der Waals surface area contributed by atoms with Crippen LogP contribution in [-0.4, -0.2) is 50.8 Å². The minimum atomic E-state index is -0.642. The normalized spacial score (nSPS) is 14.5. The van der Waals surface area contributed by atoms with Crippen LogP contribution in [0.25, 0.3) is 11.0 Å². The van der Waals surface area contributed by atoms with E-state index in [4.69, 9.17) is 0 Å². The number of carbonyl (C=O) groups excluding carboxylic acids is 2. The number of amides is 2. The highest BCUT2D eigenvalue weighted by molar-refractivity contribution is 5.96. The highest BCUT2D eigenvalue weighted by Gasteiger charge is 2.25. The van der Waals surface area contributed by atoms with E-state index in [9.17, 15) is 19.2 Å². The van der Waals surface area contributed by atoms with Crippen molar-refractivity contribution in [2.45, 2.75) is 31.7 Å². The molecule has 1 aliphatic heterocycles. The maximum atomic E-state index is 12.8. The molecule has 2 amide bonds. The van der Waals surface area contributed by atoms with Gasteiger partial charge in [-0.25, -0.2) is 9.78 Å². The zero-order valence-corrected chi connectivity index (χ0v) is 16.9. The van der Waals surface area contributed by atoms with E-state index in [0.717, 1.165) is 5.56 Å². The quantitative estimate of drug-likeness (QED) is 0.565. The van der Waals surface area contributed by atoms with Crippen LogP contribution in [0.2, 0.25) is 0 Å². The standard InChI is InChI=1S/C22H23N5O4/c28-18(7-6-14-4-2-1-3-5-14)24-16-8-10-27(11-9-16)21(30)15-12-17-19(23-13-15)25-22(31)26-20(17)29/h1-5,12-13,16H,6-11H2,(H,24,28)(H2,23,25,26,29,31). The molecule has 1 saturated heterocycles. The van der Waals surface area contributed by atoms with E-state index in [-0.39, 0.29) is 34.5 Å². The summed E-state index contributed by atoms with van der Waals surface area (Å²) in [7, 11) is 0. The zero-order chi connectivity index (χ0) is 21.8. The van der Waals surface area contributed by atoms with Crippen molar-refractivity contribution in [3.63, 3.8) is 0 Å². The summed E-state index contributed by atoms with van der Waals surface area (Å²) in [6.07, 6.45) is 3.82. The molecular formula is C22H23N5O4. The van der Waals surface area contributed by atoms with Crippen LogP contribution in [0.4, 0.5) is 0 Å². The molecule has 4 rings (SSSR count). The van der Waals surface area contributed by atoms with Crippen molar-refractivity contribution in [2.24, 2.45) is 0 Å². The van der Waals surface area contributed by atoms with Crippen molar-refractivity contribution in [1.29, 1.82) is 0 Å². The lowest BCUT2D eigenvalue weighted by Crippen LogP contribution is -2.46. The number of hydrogen-bond donors (Lipinski definition) is 3. The molecule has 31 heavy (non-hydrogen) atoms. The van der Waals surface area contributed by atoms with Gasteiger partial charge in [-0.2, -0.15) is 0 Å². The molecule has 1 aromatic carbocycles. The highest BCUT2D eigenvalue weighted by atomic mass is 16.2. The molecule has 3 heterocycles. The fraction of sp³-hybridized carbons (Fsp3) is 0.318. The summed E-state index contributed by atoms with van der Waals surface area (Å²) >= 11 is 0. The van der Waals surface area contributed by atoms with Gasteiger partial charge in [-0.05, 0) is 30.9 Å². The minimum absolute atomic E-state index is 0.0144. The summed E-state index contributed by atoms with van der Waals surface area (Å²) in [6.45, 7) is 1.00. The lowest BCUT2D eigenvalue weighted by atomic mass is 10.0. The fourth-order valence-electron chi connectivity index (χ4n) is 3.78. The van der Waals surface area contributed by atoms with Crippen LogP contribution in [0.1, 0.15) is 35.2 Å². The monoisotopic (exact) mass is 421 g/mol. The molecule has 9 heteroatoms. The van der Waals surface area contributed by atoms with Gasteiger partial charge in [-0.1, -0.05) is 30.3 Å². The number of aryl methyl sites for hydroxylation is 1. The second-order valence-corrected chi connectivity index (χ2v) is 7.65. The van der Waals surface area contributed by atoms with Gasteiger partial charge in [0.2, 0.25) is 5.91 Å². The number of hydrogen-bond acceptors (Lipinski definition) is 5. The first kappa shape index (κ1) is 20.5. The van der Waals surface area contributed by atoms with Crippen LogP contribution in [0.15, 0.2) is 52.2 Å². The van der Waals surface area contributed by atoms with Crippen LogP contribution in [0, 0.1) is 0 Å². The van der Waals surface area contributed by atoms with Crippen molar-refractivity contribution in [3.8, 4) is 0 Å². The lowest BCUT2D eigenvalue weighted by Gasteiger charge is -2.32. The van der Waals surface area contributed by atoms with E-state index in [1.807, 2.05) is 30.3 Å². The Bertz CT molecular complexity index is 1210. The predicted octanol–water partition coefficient (Wildman–Crippen LogP) is 0.965. The number of piperidine rings is 1. The zero-order valence-electron chi connectivity index (χ0n) is 16.9. The van der Waals surface area contributed by atoms with Gasteiger partial charge < -0.3 is 10.2 Å². The van der Waals surface area contributed by atoms with E-state index < -0.39 is 11.2 Å². The molecule has 0 bridgehead atoms. The number of likely N-dealkylation sites (tertiary alicyclic amines) is 1. The Morgan fingerprint density at radius 2 is 1.84 bits per heavy atom. The molecule has 0 radical (unpaired) electrons. The van der Waals surface area contributed by atoms with Gasteiger partial charge in [0.05, 0.1) is 10.9 Å². The van der Waals surface area contributed by atoms with Gasteiger partial charge in [0.1, 0.15) is 5.65 Å². The number of H-pyrrole nitrogens is 2. The Hall–Kier alpha value is -3.75. The number of aromatic nitrogens is 3. The summed E-state index contributed by atoms with van der Waals surface area (Å²) in [5.41, 5.74) is 0.331. The van der Waals surface area contributed by atoms with Gasteiger partial charge in [-0.15, -0.1) is 0 Å². The van der Waals surface area contributed by atoms with Crippen LogP contribution in [0.5, 0.6) is 0 Å². The molecule has 0 atom stereocenters. The van der Waals surface area contributed by atoms with Gasteiger partial charge in [0.25, 0.3) is 11.5 Å². The van der Waals surface area contributed by atoms with E-state index in [1.165, 1.54) is 12.3 Å². The average molecular weight is 421 g/mol. The Morgan fingerprint density at radius 3 is 2.58 bits per heavy atom. The molecule has 1 fully saturated rings. The van der Waals surface area contributed by atoms with Crippen LogP contribution in [0.3, 0.4) is 0 Å². The predicted molar refractivity (Wildman–Crippen MR) is 115 cm³/mol. The van der Waals surface area contributed by atoms with Crippen molar-refractivity contribution in [1.82, 2.24) is 25.2 Å². The van der Waals surface area contributed by atoms with E-state index >= 15 is 0 Å². The van der Waals surface area contributed by atoms with E-state index in [1.54, 1.807) is 4.90 Å². The number of nitrogens with zero attached hydrogens (tertiary/aromatic N) is 2. The first-order valence-corrected chi connectivity index (χ1v) is 10.2. The van der Waals surface area contributed by atoms with Crippen LogP contribution >= 0.6 is 0 Å². The molecule has 9 nitrogen and oxygen atoms in total. The average Bonchev–Trinajstić information content (AvgIpc) is 2.78. The number of rotatable bonds is 5. The van der Waals surface area contributed by atoms with E-state index in [0.29, 0.717) is 38.8 Å². The molecular weight excluding hydrogens is 398 g/mol. The maximum Gasteiger partial charge on any atom is 0.327 e. The summed E-state index contributed by atoms with van der Waals surface area (Å²) in [4.78, 5) is 58.7. The molecule has 1 aliphatic rings. The SMILES string of the molecule is O=C(CCc1ccccc1)NC1CCN(C(=O)c2cnc3[nH]c(=O)[nH]c(=O)c3c2)CC1. The summed E-state index contributed by atoms with van der Waals surface area (Å²) in [6, 6.07) is 11.4. The Labute approximate surface area is 177 Å². The largest absolute Gasteiger partial charge is 0.353 e. The summed E-state index contributed by atoms with van der Waals surface area (Å²) in [5.74, 6) is -0.213. The van der Waals surface area contributed by atoms with Crippen molar-refractivity contribution >= 4 is 22.8 Å². The topological polar surface area (TPSA) is 128 Å². The first-order valence-electron chi connectivity index (χ1n) is 10.2.